The van der Waals surface area contributed by atoms with Gasteiger partial charge in [0.1, 0.15) is 12.2 Å². The summed E-state index contributed by atoms with van der Waals surface area (Å²) in [6.45, 7) is 1.73. The molecule has 1 aliphatic carbocycles. The first-order chi connectivity index (χ1) is 10.4. The zero-order chi connectivity index (χ0) is 16.1. The lowest BCUT2D eigenvalue weighted by atomic mass is 9.82. The SMILES string of the molecule is CN[C@H]1C[C@@H](NC)[C@H](O)[C@H]2O[C@@H]3O[C@H](C)CC(=O)[C@]3(O)O[C@@H]21. The van der Waals surface area contributed by atoms with E-state index in [0.29, 0.717) is 6.42 Å². The summed E-state index contributed by atoms with van der Waals surface area (Å²) >= 11 is 0. The third-order valence-corrected chi connectivity index (χ3v) is 4.86. The second kappa shape index (κ2) is 5.79. The van der Waals surface area contributed by atoms with Crippen LogP contribution in [-0.2, 0) is 19.0 Å². The van der Waals surface area contributed by atoms with Crippen molar-refractivity contribution in [3.63, 3.8) is 0 Å². The minimum Gasteiger partial charge on any atom is -0.389 e. The van der Waals surface area contributed by atoms with Crippen LogP contribution in [0, 0.1) is 0 Å². The van der Waals surface area contributed by atoms with Gasteiger partial charge in [-0.25, -0.2) is 0 Å². The summed E-state index contributed by atoms with van der Waals surface area (Å²) in [4.78, 5) is 12.2. The Morgan fingerprint density at radius 1 is 1.18 bits per heavy atom. The molecule has 0 aromatic carbocycles. The van der Waals surface area contributed by atoms with Gasteiger partial charge in [-0.1, -0.05) is 0 Å². The maximum absolute atomic E-state index is 12.2. The van der Waals surface area contributed by atoms with E-state index in [-0.39, 0.29) is 24.6 Å². The molecule has 3 aliphatic rings. The van der Waals surface area contributed by atoms with Gasteiger partial charge in [-0.15, -0.1) is 0 Å². The molecule has 2 aliphatic heterocycles. The fourth-order valence-electron chi connectivity index (χ4n) is 3.56. The summed E-state index contributed by atoms with van der Waals surface area (Å²) in [5.74, 6) is -2.55. The third-order valence-electron chi connectivity index (χ3n) is 4.86. The van der Waals surface area contributed by atoms with Crippen LogP contribution in [0.3, 0.4) is 0 Å². The molecular formula is C14H24N2O6. The molecule has 2 saturated heterocycles. The number of likely N-dealkylation sites (N-methyl/N-ethyl adjacent to an activating group) is 2. The Labute approximate surface area is 129 Å². The molecule has 8 atom stereocenters. The summed E-state index contributed by atoms with van der Waals surface area (Å²) in [6, 6.07) is -0.340. The maximum Gasteiger partial charge on any atom is 0.280 e. The van der Waals surface area contributed by atoms with E-state index in [0.717, 1.165) is 0 Å². The van der Waals surface area contributed by atoms with Gasteiger partial charge in [-0.05, 0) is 27.4 Å². The Balaban J connectivity index is 1.88. The van der Waals surface area contributed by atoms with Gasteiger partial charge in [-0.2, -0.15) is 0 Å². The Kier molecular flexibility index (Phi) is 4.28. The summed E-state index contributed by atoms with van der Waals surface area (Å²) in [5.41, 5.74) is 0. The Morgan fingerprint density at radius 3 is 2.50 bits per heavy atom. The number of nitrogens with one attached hydrogen (secondary N) is 2. The topological polar surface area (TPSA) is 109 Å². The molecular weight excluding hydrogens is 292 g/mol. The van der Waals surface area contributed by atoms with Crippen molar-refractivity contribution in [2.75, 3.05) is 14.1 Å². The number of hydrogen-bond acceptors (Lipinski definition) is 8. The monoisotopic (exact) mass is 316 g/mol. The van der Waals surface area contributed by atoms with Gasteiger partial charge < -0.3 is 35.1 Å². The number of aliphatic hydroxyl groups is 2. The van der Waals surface area contributed by atoms with Crippen LogP contribution < -0.4 is 10.6 Å². The highest BCUT2D eigenvalue weighted by molar-refractivity contribution is 5.87. The molecule has 0 amide bonds. The maximum atomic E-state index is 12.2. The van der Waals surface area contributed by atoms with Crippen molar-refractivity contribution in [2.45, 2.75) is 68.3 Å². The van der Waals surface area contributed by atoms with E-state index in [1.54, 1.807) is 21.0 Å². The summed E-state index contributed by atoms with van der Waals surface area (Å²) < 4.78 is 17.0. The van der Waals surface area contributed by atoms with Gasteiger partial charge in [0.15, 0.2) is 5.78 Å². The van der Waals surface area contributed by atoms with Crippen molar-refractivity contribution >= 4 is 5.78 Å². The summed E-state index contributed by atoms with van der Waals surface area (Å²) in [7, 11) is 3.54. The molecule has 22 heavy (non-hydrogen) atoms. The number of aliphatic hydroxyl groups excluding tert-OH is 1. The van der Waals surface area contributed by atoms with Crippen molar-refractivity contribution in [2.24, 2.45) is 0 Å². The number of Topliss-reactive ketones (excluding diaryl/α,β-unsaturated/α-hetero) is 1. The van der Waals surface area contributed by atoms with E-state index in [4.69, 9.17) is 14.2 Å². The van der Waals surface area contributed by atoms with Crippen LogP contribution in [0.25, 0.3) is 0 Å². The standard InChI is InChI=1S/C14H24N2O6/c1-6-4-9(17)14(19)13(20-6)21-12-10(18)7(15-2)5-8(16-3)11(12)22-14/h6-8,10-13,15-16,18-19H,4-5H2,1-3H3/t6-,7-,8+,10+,11-,12-,13+,14+/m1/s1. The number of carbonyl (C=O) groups is 1. The molecule has 0 aromatic rings. The Morgan fingerprint density at radius 2 is 1.86 bits per heavy atom. The van der Waals surface area contributed by atoms with E-state index < -0.39 is 36.2 Å². The number of ether oxygens (including phenoxy) is 3. The molecule has 0 radical (unpaired) electrons. The first-order valence-electron chi connectivity index (χ1n) is 7.67. The summed E-state index contributed by atoms with van der Waals surface area (Å²) in [6.07, 6.45) is -3.06. The van der Waals surface area contributed by atoms with Crippen molar-refractivity contribution < 1.29 is 29.2 Å². The van der Waals surface area contributed by atoms with Crippen LogP contribution in [-0.4, -0.2) is 78.7 Å². The predicted octanol–water partition coefficient (Wildman–Crippen LogP) is -1.90. The summed E-state index contributed by atoms with van der Waals surface area (Å²) in [5, 5.41) is 27.2. The fourth-order valence-corrected chi connectivity index (χ4v) is 3.56. The quantitative estimate of drug-likeness (QED) is 0.468. The molecule has 0 aromatic heterocycles. The number of ketones is 1. The zero-order valence-corrected chi connectivity index (χ0v) is 13.0. The van der Waals surface area contributed by atoms with Crippen LogP contribution >= 0.6 is 0 Å². The van der Waals surface area contributed by atoms with Crippen LogP contribution in [0.1, 0.15) is 19.8 Å². The van der Waals surface area contributed by atoms with Gasteiger partial charge in [0, 0.05) is 18.5 Å². The van der Waals surface area contributed by atoms with E-state index in [9.17, 15) is 15.0 Å². The van der Waals surface area contributed by atoms with Crippen molar-refractivity contribution in [3.8, 4) is 0 Å². The highest BCUT2D eigenvalue weighted by Gasteiger charge is 2.61. The van der Waals surface area contributed by atoms with Crippen LogP contribution in [0.2, 0.25) is 0 Å². The normalized spacial score (nSPS) is 52.0. The van der Waals surface area contributed by atoms with Gasteiger partial charge >= 0.3 is 0 Å². The number of carbonyl (C=O) groups excluding carboxylic acids is 1. The molecule has 2 heterocycles. The highest BCUT2D eigenvalue weighted by atomic mass is 16.8. The minimum absolute atomic E-state index is 0.0691. The van der Waals surface area contributed by atoms with Gasteiger partial charge in [0.2, 0.25) is 6.29 Å². The molecule has 0 unspecified atom stereocenters. The molecule has 126 valence electrons. The molecule has 4 N–H and O–H groups in total. The average Bonchev–Trinajstić information content (AvgIpc) is 2.48. The van der Waals surface area contributed by atoms with Crippen LogP contribution in [0.4, 0.5) is 0 Å². The van der Waals surface area contributed by atoms with Crippen LogP contribution in [0.15, 0.2) is 0 Å². The van der Waals surface area contributed by atoms with E-state index in [2.05, 4.69) is 10.6 Å². The molecule has 1 saturated carbocycles. The fraction of sp³-hybridized carbons (Fsp3) is 0.929. The molecule has 8 heteroatoms. The lowest BCUT2D eigenvalue weighted by molar-refractivity contribution is -0.416. The molecule has 8 nitrogen and oxygen atoms in total. The molecule has 3 rings (SSSR count). The first kappa shape index (κ1) is 16.3. The second-order valence-electron chi connectivity index (χ2n) is 6.30. The largest absolute Gasteiger partial charge is 0.389 e. The van der Waals surface area contributed by atoms with Gasteiger partial charge in [0.25, 0.3) is 5.79 Å². The van der Waals surface area contributed by atoms with E-state index in [1.165, 1.54) is 0 Å². The van der Waals surface area contributed by atoms with E-state index in [1.807, 2.05) is 0 Å². The van der Waals surface area contributed by atoms with E-state index >= 15 is 0 Å². The lowest BCUT2D eigenvalue weighted by Gasteiger charge is -2.54. The third kappa shape index (κ3) is 2.39. The number of hydrogen-bond donors (Lipinski definition) is 4. The van der Waals surface area contributed by atoms with Crippen molar-refractivity contribution in [3.05, 3.63) is 0 Å². The molecule has 0 bridgehead atoms. The average molecular weight is 316 g/mol. The second-order valence-corrected chi connectivity index (χ2v) is 6.30. The van der Waals surface area contributed by atoms with Gasteiger partial charge in [0.05, 0.1) is 12.2 Å². The number of rotatable bonds is 2. The highest BCUT2D eigenvalue weighted by Crippen LogP contribution is 2.40. The molecule has 0 spiro atoms. The minimum atomic E-state index is -2.10. The Bertz CT molecular complexity index is 449. The zero-order valence-electron chi connectivity index (χ0n) is 13.0. The lowest BCUT2D eigenvalue weighted by Crippen LogP contribution is -2.74. The van der Waals surface area contributed by atoms with Gasteiger partial charge in [-0.3, -0.25) is 4.79 Å². The van der Waals surface area contributed by atoms with Crippen molar-refractivity contribution in [1.82, 2.24) is 10.6 Å². The van der Waals surface area contributed by atoms with Crippen LogP contribution in [0.5, 0.6) is 0 Å². The number of fused-ring (bicyclic) bond motifs is 2. The Hall–Kier alpha value is -0.610. The first-order valence-corrected chi connectivity index (χ1v) is 7.67. The smallest absolute Gasteiger partial charge is 0.280 e. The van der Waals surface area contributed by atoms with Crippen molar-refractivity contribution in [1.29, 1.82) is 0 Å². The predicted molar refractivity (Wildman–Crippen MR) is 75.0 cm³/mol. The molecule has 3 fully saturated rings.